The van der Waals surface area contributed by atoms with Crippen LogP contribution in [0.25, 0.3) is 0 Å². The van der Waals surface area contributed by atoms with E-state index in [2.05, 4.69) is 4.90 Å². The number of nitrogens with zero attached hydrogens (tertiary/aromatic N) is 2. The lowest BCUT2D eigenvalue weighted by Crippen LogP contribution is -2.35. The fourth-order valence-electron chi connectivity index (χ4n) is 3.44. The fourth-order valence-corrected chi connectivity index (χ4v) is 3.44. The monoisotopic (exact) mass is 317 g/mol. The molecule has 2 aliphatic heterocycles. The van der Waals surface area contributed by atoms with Gasteiger partial charge in [0.25, 0.3) is 5.91 Å². The minimum atomic E-state index is 0.136. The topological polar surface area (TPSA) is 49.6 Å². The number of carbonyl (C=O) groups excluding carboxylic acids is 1. The van der Waals surface area contributed by atoms with E-state index in [1.54, 1.807) is 0 Å². The van der Waals surface area contributed by atoms with Gasteiger partial charge in [-0.2, -0.15) is 0 Å². The van der Waals surface area contributed by atoms with Crippen molar-refractivity contribution in [2.45, 2.75) is 25.7 Å². The first-order valence-electron chi connectivity index (χ1n) is 8.38. The van der Waals surface area contributed by atoms with Crippen molar-refractivity contribution in [1.29, 1.82) is 0 Å². The Labute approximate surface area is 136 Å². The lowest BCUT2D eigenvalue weighted by Gasteiger charge is -2.27. The summed E-state index contributed by atoms with van der Waals surface area (Å²) < 4.78 is 12.7. The van der Waals surface area contributed by atoms with Crippen LogP contribution in [-0.2, 0) is 6.42 Å². The molecule has 3 rings (SSSR count). The highest BCUT2D eigenvalue weighted by Crippen LogP contribution is 2.30. The van der Waals surface area contributed by atoms with Crippen molar-refractivity contribution in [2.75, 3.05) is 37.6 Å². The molecule has 0 unspecified atom stereocenters. The Bertz CT molecular complexity index is 608. The summed E-state index contributed by atoms with van der Waals surface area (Å²) in [5, 5.41) is 0. The summed E-state index contributed by atoms with van der Waals surface area (Å²) in [4.78, 5) is 16.7. The van der Waals surface area contributed by atoms with Gasteiger partial charge in [-0.25, -0.2) is 4.39 Å². The summed E-state index contributed by atoms with van der Waals surface area (Å²) in [6.45, 7) is 3.31. The van der Waals surface area contributed by atoms with E-state index in [9.17, 15) is 9.18 Å². The first kappa shape index (κ1) is 16.0. The number of nitrogens with two attached hydrogens (primary N) is 1. The first-order valence-corrected chi connectivity index (χ1v) is 8.38. The van der Waals surface area contributed by atoms with Crippen LogP contribution in [-0.4, -0.2) is 43.5 Å². The van der Waals surface area contributed by atoms with E-state index in [-0.39, 0.29) is 12.5 Å². The Morgan fingerprint density at radius 1 is 1.22 bits per heavy atom. The summed E-state index contributed by atoms with van der Waals surface area (Å²) in [5.74, 6) is 0.136. The maximum atomic E-state index is 12.7. The van der Waals surface area contributed by atoms with E-state index in [1.165, 1.54) is 12.0 Å². The highest BCUT2D eigenvalue weighted by Gasteiger charge is 2.23. The number of likely N-dealkylation sites (tertiary alicyclic amines) is 1. The number of piperidine rings is 1. The standard InChI is InChI=1S/C18H24FN3O/c19-11-14(12-20)13-22-9-6-15-10-16(4-5-17(15)22)18(23)21-7-2-1-3-8-21/h4-5,10-11H,1-3,6-9,12-13,20H2/b14-11+. The molecule has 124 valence electrons. The summed E-state index contributed by atoms with van der Waals surface area (Å²) in [6, 6.07) is 5.90. The van der Waals surface area contributed by atoms with Crippen LogP contribution in [0.15, 0.2) is 30.1 Å². The second-order valence-electron chi connectivity index (χ2n) is 6.34. The predicted molar refractivity (Wildman–Crippen MR) is 90.4 cm³/mol. The third-order valence-corrected chi connectivity index (χ3v) is 4.77. The highest BCUT2D eigenvalue weighted by atomic mass is 19.1. The van der Waals surface area contributed by atoms with E-state index in [0.717, 1.165) is 50.1 Å². The minimum Gasteiger partial charge on any atom is -0.367 e. The maximum Gasteiger partial charge on any atom is 0.253 e. The van der Waals surface area contributed by atoms with Crippen molar-refractivity contribution in [3.05, 3.63) is 41.2 Å². The van der Waals surface area contributed by atoms with E-state index < -0.39 is 0 Å². The van der Waals surface area contributed by atoms with Gasteiger partial charge in [0.2, 0.25) is 0 Å². The van der Waals surface area contributed by atoms with Crippen LogP contribution < -0.4 is 10.6 Å². The summed E-state index contributed by atoms with van der Waals surface area (Å²) in [5.41, 5.74) is 9.16. The van der Waals surface area contributed by atoms with Crippen molar-refractivity contribution in [3.8, 4) is 0 Å². The third-order valence-electron chi connectivity index (χ3n) is 4.77. The maximum absolute atomic E-state index is 12.7. The molecule has 0 bridgehead atoms. The van der Waals surface area contributed by atoms with E-state index in [4.69, 9.17) is 5.73 Å². The van der Waals surface area contributed by atoms with Gasteiger partial charge in [0.15, 0.2) is 0 Å². The van der Waals surface area contributed by atoms with Gasteiger partial charge in [0.05, 0.1) is 6.33 Å². The Hall–Kier alpha value is -1.88. The van der Waals surface area contributed by atoms with Gasteiger partial charge in [-0.1, -0.05) is 0 Å². The number of anilines is 1. The SMILES string of the molecule is NC/C(=C\F)CN1CCc2cc(C(=O)N3CCCCC3)ccc21. The van der Waals surface area contributed by atoms with E-state index in [1.807, 2.05) is 23.1 Å². The molecule has 2 N–H and O–H groups in total. The number of halogens is 1. The van der Waals surface area contributed by atoms with Gasteiger partial charge in [0.1, 0.15) is 0 Å². The molecule has 0 saturated carbocycles. The van der Waals surface area contributed by atoms with Crippen molar-refractivity contribution >= 4 is 11.6 Å². The molecule has 1 aromatic rings. The number of hydrogen-bond donors (Lipinski definition) is 1. The molecule has 0 radical (unpaired) electrons. The second kappa shape index (κ2) is 7.13. The van der Waals surface area contributed by atoms with Gasteiger partial charge in [-0.3, -0.25) is 4.79 Å². The molecule has 2 heterocycles. The number of hydrogen-bond acceptors (Lipinski definition) is 3. The predicted octanol–water partition coefficient (Wildman–Crippen LogP) is 2.49. The summed E-state index contributed by atoms with van der Waals surface area (Å²) in [6.07, 6.45) is 4.91. The smallest absolute Gasteiger partial charge is 0.253 e. The molecule has 0 atom stereocenters. The Morgan fingerprint density at radius 3 is 2.70 bits per heavy atom. The van der Waals surface area contributed by atoms with Crippen LogP contribution in [0.2, 0.25) is 0 Å². The van der Waals surface area contributed by atoms with E-state index >= 15 is 0 Å². The molecule has 2 aliphatic rings. The lowest BCUT2D eigenvalue weighted by atomic mass is 10.1. The zero-order chi connectivity index (χ0) is 16.2. The number of carbonyl (C=O) groups is 1. The minimum absolute atomic E-state index is 0.136. The number of fused-ring (bicyclic) bond motifs is 1. The highest BCUT2D eigenvalue weighted by molar-refractivity contribution is 5.95. The average Bonchev–Trinajstić information content (AvgIpc) is 3.01. The molecule has 1 fully saturated rings. The van der Waals surface area contributed by atoms with Crippen LogP contribution in [0, 0.1) is 0 Å². The van der Waals surface area contributed by atoms with Crippen molar-refractivity contribution in [1.82, 2.24) is 4.90 Å². The van der Waals surface area contributed by atoms with Crippen LogP contribution >= 0.6 is 0 Å². The average molecular weight is 317 g/mol. The first-order chi connectivity index (χ1) is 11.2. The van der Waals surface area contributed by atoms with Crippen molar-refractivity contribution in [2.24, 2.45) is 5.73 Å². The van der Waals surface area contributed by atoms with Crippen LogP contribution in [0.5, 0.6) is 0 Å². The van der Waals surface area contributed by atoms with Crippen molar-refractivity contribution < 1.29 is 9.18 Å². The zero-order valence-corrected chi connectivity index (χ0v) is 13.4. The van der Waals surface area contributed by atoms with E-state index in [0.29, 0.717) is 18.4 Å². The molecule has 0 aliphatic carbocycles. The Balaban J connectivity index is 1.74. The Kier molecular flexibility index (Phi) is 4.96. The normalized spacial score (nSPS) is 18.3. The second-order valence-corrected chi connectivity index (χ2v) is 6.34. The number of amides is 1. The van der Waals surface area contributed by atoms with Gasteiger partial charge in [-0.15, -0.1) is 0 Å². The number of benzene rings is 1. The molecule has 0 spiro atoms. The van der Waals surface area contributed by atoms with Crippen LogP contribution in [0.3, 0.4) is 0 Å². The summed E-state index contributed by atoms with van der Waals surface area (Å²) in [7, 11) is 0. The molecule has 4 nitrogen and oxygen atoms in total. The molecule has 0 aromatic heterocycles. The molecule has 1 aromatic carbocycles. The number of rotatable bonds is 4. The molecular formula is C18H24FN3O. The third kappa shape index (κ3) is 3.39. The fraction of sp³-hybridized carbons (Fsp3) is 0.500. The summed E-state index contributed by atoms with van der Waals surface area (Å²) >= 11 is 0. The van der Waals surface area contributed by atoms with Crippen molar-refractivity contribution in [3.63, 3.8) is 0 Å². The van der Waals surface area contributed by atoms with Gasteiger partial charge >= 0.3 is 0 Å². The lowest BCUT2D eigenvalue weighted by molar-refractivity contribution is 0.0724. The van der Waals surface area contributed by atoms with Gasteiger partial charge in [0, 0.05) is 44.0 Å². The molecule has 23 heavy (non-hydrogen) atoms. The zero-order valence-electron chi connectivity index (χ0n) is 13.4. The van der Waals surface area contributed by atoms with Gasteiger partial charge < -0.3 is 15.5 Å². The van der Waals surface area contributed by atoms with Gasteiger partial charge in [-0.05, 0) is 55.0 Å². The molecule has 1 amide bonds. The molecule has 5 heteroatoms. The largest absolute Gasteiger partial charge is 0.367 e. The Morgan fingerprint density at radius 2 is 2.00 bits per heavy atom. The quantitative estimate of drug-likeness (QED) is 0.928. The molecular weight excluding hydrogens is 293 g/mol. The molecule has 1 saturated heterocycles. The van der Waals surface area contributed by atoms with Crippen LogP contribution in [0.4, 0.5) is 10.1 Å². The van der Waals surface area contributed by atoms with Crippen LogP contribution in [0.1, 0.15) is 35.2 Å².